The lowest BCUT2D eigenvalue weighted by Crippen LogP contribution is -2.32. The molecule has 3 rings (SSSR count). The number of hydrogen-bond donors (Lipinski definition) is 1. The van der Waals surface area contributed by atoms with Gasteiger partial charge in [-0.1, -0.05) is 18.9 Å². The Hall–Kier alpha value is -1.20. The van der Waals surface area contributed by atoms with E-state index < -0.39 is 0 Å². The van der Waals surface area contributed by atoms with Gasteiger partial charge in [-0.25, -0.2) is 4.98 Å². The third kappa shape index (κ3) is 3.52. The highest BCUT2D eigenvalue weighted by Crippen LogP contribution is 2.37. The van der Waals surface area contributed by atoms with Crippen molar-refractivity contribution < 1.29 is 4.79 Å². The molecule has 0 aromatic carbocycles. The Balaban J connectivity index is 1.79. The van der Waals surface area contributed by atoms with Crippen LogP contribution in [0, 0.1) is 5.92 Å². The van der Waals surface area contributed by atoms with Crippen LogP contribution in [0.3, 0.4) is 0 Å². The fraction of sp³-hybridized carbons (Fsp3) is 0.375. The molecule has 1 atom stereocenters. The molecule has 1 amide bonds. The summed E-state index contributed by atoms with van der Waals surface area (Å²) in [7, 11) is 0. The molecule has 1 aliphatic carbocycles. The molecule has 110 valence electrons. The molecule has 5 heteroatoms. The molecule has 21 heavy (non-hydrogen) atoms. The lowest BCUT2D eigenvalue weighted by atomic mass is 9.96. The van der Waals surface area contributed by atoms with Gasteiger partial charge in [0.05, 0.1) is 6.04 Å². The van der Waals surface area contributed by atoms with E-state index in [4.69, 9.17) is 0 Å². The zero-order valence-electron chi connectivity index (χ0n) is 11.6. The van der Waals surface area contributed by atoms with Crippen molar-refractivity contribution >= 4 is 33.2 Å². The fourth-order valence-electron chi connectivity index (χ4n) is 2.95. The van der Waals surface area contributed by atoms with Crippen LogP contribution >= 0.6 is 27.3 Å². The smallest absolute Gasteiger partial charge is 0.251 e. The number of halogens is 1. The zero-order chi connectivity index (χ0) is 14.7. The van der Waals surface area contributed by atoms with E-state index in [-0.39, 0.29) is 11.9 Å². The van der Waals surface area contributed by atoms with Gasteiger partial charge in [-0.3, -0.25) is 4.79 Å². The minimum absolute atomic E-state index is 0.0246. The number of aromatic nitrogens is 1. The van der Waals surface area contributed by atoms with Gasteiger partial charge >= 0.3 is 0 Å². The zero-order valence-corrected chi connectivity index (χ0v) is 14.0. The highest BCUT2D eigenvalue weighted by atomic mass is 79.9. The van der Waals surface area contributed by atoms with Crippen molar-refractivity contribution in [3.63, 3.8) is 0 Å². The highest BCUT2D eigenvalue weighted by Gasteiger charge is 2.28. The molecule has 0 spiro atoms. The Morgan fingerprint density at radius 2 is 2.19 bits per heavy atom. The van der Waals surface area contributed by atoms with Crippen molar-refractivity contribution in [1.29, 1.82) is 0 Å². The first-order chi connectivity index (χ1) is 10.2. The van der Waals surface area contributed by atoms with Crippen molar-refractivity contribution in [2.75, 3.05) is 0 Å². The molecule has 1 aliphatic rings. The second-order valence-corrected chi connectivity index (χ2v) is 7.17. The summed E-state index contributed by atoms with van der Waals surface area (Å²) in [6.07, 6.45) is 6.58. The van der Waals surface area contributed by atoms with E-state index in [1.165, 1.54) is 30.6 Å². The van der Waals surface area contributed by atoms with Crippen molar-refractivity contribution in [2.45, 2.75) is 31.7 Å². The van der Waals surface area contributed by atoms with E-state index in [9.17, 15) is 4.79 Å². The van der Waals surface area contributed by atoms with Crippen LogP contribution in [0.25, 0.3) is 0 Å². The van der Waals surface area contributed by atoms with Crippen LogP contribution in [0.1, 0.15) is 47.0 Å². The van der Waals surface area contributed by atoms with Crippen LogP contribution in [-0.2, 0) is 0 Å². The van der Waals surface area contributed by atoms with Crippen molar-refractivity contribution in [3.05, 3.63) is 50.9 Å². The van der Waals surface area contributed by atoms with Gasteiger partial charge in [0.25, 0.3) is 5.91 Å². The Morgan fingerprint density at radius 1 is 1.38 bits per heavy atom. The predicted octanol–water partition coefficient (Wildman–Crippen LogP) is 4.57. The van der Waals surface area contributed by atoms with Crippen LogP contribution in [0.15, 0.2) is 40.4 Å². The molecule has 0 bridgehead atoms. The molecule has 1 unspecified atom stereocenters. The highest BCUT2D eigenvalue weighted by molar-refractivity contribution is 9.10. The molecule has 1 saturated carbocycles. The minimum atomic E-state index is -0.0246. The van der Waals surface area contributed by atoms with Gasteiger partial charge < -0.3 is 5.32 Å². The molecule has 2 heterocycles. The minimum Gasteiger partial charge on any atom is -0.344 e. The van der Waals surface area contributed by atoms with E-state index >= 15 is 0 Å². The lowest BCUT2D eigenvalue weighted by molar-refractivity contribution is 0.0922. The summed E-state index contributed by atoms with van der Waals surface area (Å²) in [4.78, 5) is 17.8. The maximum atomic E-state index is 12.5. The van der Waals surface area contributed by atoms with Gasteiger partial charge in [-0.15, -0.1) is 11.3 Å². The number of nitrogens with zero attached hydrogens (tertiary/aromatic N) is 1. The van der Waals surface area contributed by atoms with Gasteiger partial charge in [0.15, 0.2) is 0 Å². The van der Waals surface area contributed by atoms with Crippen LogP contribution in [0.4, 0.5) is 0 Å². The quantitative estimate of drug-likeness (QED) is 0.807. The van der Waals surface area contributed by atoms with Crippen LogP contribution in [0.5, 0.6) is 0 Å². The molecule has 3 nitrogen and oxygen atoms in total. The van der Waals surface area contributed by atoms with E-state index in [0.717, 1.165) is 0 Å². The summed E-state index contributed by atoms with van der Waals surface area (Å²) in [5.41, 5.74) is 0.649. The Kier molecular flexibility index (Phi) is 4.70. The SMILES string of the molecule is O=C(NC(c1cccs1)C1CCCC1)c1ccnc(Br)c1. The summed E-state index contributed by atoms with van der Waals surface area (Å²) in [6.45, 7) is 0. The average Bonchev–Trinajstić information content (AvgIpc) is 3.18. The van der Waals surface area contributed by atoms with Crippen LogP contribution < -0.4 is 5.32 Å². The van der Waals surface area contributed by atoms with E-state index in [1.807, 2.05) is 0 Å². The van der Waals surface area contributed by atoms with Crippen LogP contribution in [0.2, 0.25) is 0 Å². The first-order valence-corrected chi connectivity index (χ1v) is 8.87. The normalized spacial score (nSPS) is 16.8. The van der Waals surface area contributed by atoms with E-state index in [0.29, 0.717) is 16.1 Å². The van der Waals surface area contributed by atoms with E-state index in [2.05, 4.69) is 43.7 Å². The van der Waals surface area contributed by atoms with Gasteiger partial charge in [0.2, 0.25) is 0 Å². The summed E-state index contributed by atoms with van der Waals surface area (Å²) in [5, 5.41) is 5.30. The largest absolute Gasteiger partial charge is 0.344 e. The molecule has 2 aromatic heterocycles. The number of amides is 1. The number of thiophene rings is 1. The Labute approximate surface area is 136 Å². The number of carbonyl (C=O) groups is 1. The molecule has 0 saturated heterocycles. The molecule has 1 N–H and O–H groups in total. The number of hydrogen-bond acceptors (Lipinski definition) is 3. The predicted molar refractivity (Wildman–Crippen MR) is 88.4 cm³/mol. The van der Waals surface area contributed by atoms with Gasteiger partial charge in [-0.05, 0) is 58.3 Å². The second-order valence-electron chi connectivity index (χ2n) is 5.38. The van der Waals surface area contributed by atoms with Gasteiger partial charge in [-0.2, -0.15) is 0 Å². The third-order valence-corrected chi connectivity index (χ3v) is 5.39. The fourth-order valence-corrected chi connectivity index (χ4v) is 4.18. The lowest BCUT2D eigenvalue weighted by Gasteiger charge is -2.23. The maximum Gasteiger partial charge on any atom is 0.251 e. The second kappa shape index (κ2) is 6.71. The first kappa shape index (κ1) is 14.7. The molecule has 0 radical (unpaired) electrons. The Bertz CT molecular complexity index is 608. The monoisotopic (exact) mass is 364 g/mol. The Morgan fingerprint density at radius 3 is 2.86 bits per heavy atom. The molecular formula is C16H17BrN2OS. The van der Waals surface area contributed by atoms with Gasteiger partial charge in [0.1, 0.15) is 4.60 Å². The van der Waals surface area contributed by atoms with E-state index in [1.54, 1.807) is 29.7 Å². The average molecular weight is 365 g/mol. The summed E-state index contributed by atoms with van der Waals surface area (Å²) in [6, 6.07) is 7.82. The van der Waals surface area contributed by atoms with Crippen LogP contribution in [-0.4, -0.2) is 10.9 Å². The number of pyridine rings is 1. The summed E-state index contributed by atoms with van der Waals surface area (Å²) < 4.78 is 0.684. The summed E-state index contributed by atoms with van der Waals surface area (Å²) in [5.74, 6) is 0.529. The molecule has 1 fully saturated rings. The number of carbonyl (C=O) groups excluding carboxylic acids is 1. The summed E-state index contributed by atoms with van der Waals surface area (Å²) >= 11 is 5.03. The maximum absolute atomic E-state index is 12.5. The number of nitrogens with one attached hydrogen (secondary N) is 1. The van der Waals surface area contributed by atoms with Crippen molar-refractivity contribution in [2.24, 2.45) is 5.92 Å². The number of rotatable bonds is 4. The van der Waals surface area contributed by atoms with Crippen molar-refractivity contribution in [3.8, 4) is 0 Å². The van der Waals surface area contributed by atoms with Gasteiger partial charge in [0, 0.05) is 16.6 Å². The molecule has 2 aromatic rings. The topological polar surface area (TPSA) is 42.0 Å². The standard InChI is InChI=1S/C16H17BrN2OS/c17-14-10-12(7-8-18-14)16(20)19-15(11-4-1-2-5-11)13-6-3-9-21-13/h3,6-11,15H,1-2,4-5H2,(H,19,20). The molecular weight excluding hydrogens is 348 g/mol. The van der Waals surface area contributed by atoms with Crippen molar-refractivity contribution in [1.82, 2.24) is 10.3 Å². The third-order valence-electron chi connectivity index (χ3n) is 4.00. The molecule has 0 aliphatic heterocycles. The first-order valence-electron chi connectivity index (χ1n) is 7.20.